The molecule has 1 saturated heterocycles. The molecule has 1 atom stereocenters. The second kappa shape index (κ2) is 8.57. The fourth-order valence-electron chi connectivity index (χ4n) is 3.48. The maximum atomic E-state index is 12.6. The number of carbonyl (C=O) groups excluding carboxylic acids is 2. The highest BCUT2D eigenvalue weighted by Gasteiger charge is 2.35. The van der Waals surface area contributed by atoms with Gasteiger partial charge < -0.3 is 15.1 Å². The van der Waals surface area contributed by atoms with Crippen LogP contribution < -0.4 is 15.1 Å². The molecule has 0 radical (unpaired) electrons. The molecule has 1 aliphatic heterocycles. The highest BCUT2D eigenvalue weighted by atomic mass is 16.2. The summed E-state index contributed by atoms with van der Waals surface area (Å²) >= 11 is 0. The molecule has 0 bridgehead atoms. The van der Waals surface area contributed by atoms with Crippen molar-refractivity contribution < 1.29 is 9.59 Å². The lowest BCUT2D eigenvalue weighted by atomic mass is 10.1. The number of hydrogen-bond acceptors (Lipinski definition) is 4. The van der Waals surface area contributed by atoms with Gasteiger partial charge in [-0.15, -0.1) is 0 Å². The van der Waals surface area contributed by atoms with Crippen LogP contribution in [0.2, 0.25) is 0 Å². The molecule has 0 aromatic heterocycles. The SMILES string of the molecule is CCN(CC)c1ccc(N2CC(C(=O)Nc3cccc(C#N)c3)CC2=O)cc1. The number of nitrogens with one attached hydrogen (secondary N) is 1. The first-order chi connectivity index (χ1) is 13.5. The molecule has 1 unspecified atom stereocenters. The largest absolute Gasteiger partial charge is 0.372 e. The van der Waals surface area contributed by atoms with Crippen molar-refractivity contribution in [2.24, 2.45) is 5.92 Å². The molecule has 28 heavy (non-hydrogen) atoms. The Balaban J connectivity index is 1.67. The number of amides is 2. The van der Waals surface area contributed by atoms with Crippen LogP contribution in [0, 0.1) is 17.2 Å². The monoisotopic (exact) mass is 376 g/mol. The van der Waals surface area contributed by atoms with Gasteiger partial charge >= 0.3 is 0 Å². The average Bonchev–Trinajstić information content (AvgIpc) is 3.11. The van der Waals surface area contributed by atoms with E-state index < -0.39 is 5.92 Å². The molecule has 144 valence electrons. The molecule has 1 N–H and O–H groups in total. The quantitative estimate of drug-likeness (QED) is 0.838. The third-order valence-corrected chi connectivity index (χ3v) is 5.05. The predicted molar refractivity (Wildman–Crippen MR) is 110 cm³/mol. The van der Waals surface area contributed by atoms with E-state index in [1.807, 2.05) is 30.3 Å². The number of nitrogens with zero attached hydrogens (tertiary/aromatic N) is 3. The Morgan fingerprint density at radius 1 is 1.21 bits per heavy atom. The Morgan fingerprint density at radius 3 is 2.57 bits per heavy atom. The number of nitriles is 1. The Kier molecular flexibility index (Phi) is 5.95. The highest BCUT2D eigenvalue weighted by Crippen LogP contribution is 2.28. The van der Waals surface area contributed by atoms with Gasteiger partial charge in [-0.1, -0.05) is 6.07 Å². The number of carbonyl (C=O) groups is 2. The van der Waals surface area contributed by atoms with E-state index >= 15 is 0 Å². The van der Waals surface area contributed by atoms with E-state index in [9.17, 15) is 9.59 Å². The van der Waals surface area contributed by atoms with Gasteiger partial charge in [0.15, 0.2) is 0 Å². The molecule has 1 fully saturated rings. The van der Waals surface area contributed by atoms with Crippen molar-refractivity contribution in [2.45, 2.75) is 20.3 Å². The number of rotatable bonds is 6. The molecule has 6 heteroatoms. The minimum Gasteiger partial charge on any atom is -0.372 e. The smallest absolute Gasteiger partial charge is 0.229 e. The van der Waals surface area contributed by atoms with Crippen LogP contribution in [0.3, 0.4) is 0 Å². The number of hydrogen-bond donors (Lipinski definition) is 1. The summed E-state index contributed by atoms with van der Waals surface area (Å²) in [7, 11) is 0. The van der Waals surface area contributed by atoms with E-state index in [0.29, 0.717) is 17.8 Å². The van der Waals surface area contributed by atoms with Crippen molar-refractivity contribution in [2.75, 3.05) is 34.8 Å². The van der Waals surface area contributed by atoms with Gasteiger partial charge in [0.05, 0.1) is 17.6 Å². The number of benzene rings is 2. The average molecular weight is 376 g/mol. The Labute approximate surface area is 165 Å². The van der Waals surface area contributed by atoms with Crippen LogP contribution in [0.5, 0.6) is 0 Å². The molecule has 6 nitrogen and oxygen atoms in total. The Bertz CT molecular complexity index is 897. The zero-order chi connectivity index (χ0) is 20.1. The van der Waals surface area contributed by atoms with Crippen molar-refractivity contribution >= 4 is 28.9 Å². The van der Waals surface area contributed by atoms with E-state index in [0.717, 1.165) is 24.5 Å². The van der Waals surface area contributed by atoms with Crippen molar-refractivity contribution in [1.29, 1.82) is 5.26 Å². The minimum absolute atomic E-state index is 0.0542. The lowest BCUT2D eigenvalue weighted by Gasteiger charge is -2.22. The summed E-state index contributed by atoms with van der Waals surface area (Å²) in [6, 6.07) is 16.7. The second-order valence-corrected chi connectivity index (χ2v) is 6.78. The molecule has 1 aliphatic rings. The van der Waals surface area contributed by atoms with Crippen LogP contribution in [0.4, 0.5) is 17.1 Å². The summed E-state index contributed by atoms with van der Waals surface area (Å²) in [5.74, 6) is -0.673. The third-order valence-electron chi connectivity index (χ3n) is 5.05. The van der Waals surface area contributed by atoms with Crippen molar-refractivity contribution in [1.82, 2.24) is 0 Å². The minimum atomic E-state index is -0.416. The molecular weight excluding hydrogens is 352 g/mol. The van der Waals surface area contributed by atoms with Gasteiger partial charge in [-0.25, -0.2) is 0 Å². The summed E-state index contributed by atoms with van der Waals surface area (Å²) in [6.07, 6.45) is 0.182. The summed E-state index contributed by atoms with van der Waals surface area (Å²) in [6.45, 7) is 6.42. The zero-order valence-corrected chi connectivity index (χ0v) is 16.2. The maximum absolute atomic E-state index is 12.6. The number of anilines is 3. The van der Waals surface area contributed by atoms with Gasteiger partial charge in [-0.05, 0) is 56.3 Å². The molecule has 3 rings (SSSR count). The van der Waals surface area contributed by atoms with Crippen LogP contribution in [0.15, 0.2) is 48.5 Å². The zero-order valence-electron chi connectivity index (χ0n) is 16.2. The molecule has 2 aromatic rings. The Morgan fingerprint density at radius 2 is 1.93 bits per heavy atom. The van der Waals surface area contributed by atoms with Crippen LogP contribution in [-0.2, 0) is 9.59 Å². The molecule has 0 aliphatic carbocycles. The lowest BCUT2D eigenvalue weighted by Crippen LogP contribution is -2.28. The van der Waals surface area contributed by atoms with Crippen LogP contribution >= 0.6 is 0 Å². The van der Waals surface area contributed by atoms with Crippen LogP contribution in [-0.4, -0.2) is 31.4 Å². The molecule has 1 heterocycles. The molecular formula is C22H24N4O2. The van der Waals surface area contributed by atoms with Crippen LogP contribution in [0.25, 0.3) is 0 Å². The van der Waals surface area contributed by atoms with Gasteiger partial charge in [0.25, 0.3) is 0 Å². The predicted octanol–water partition coefficient (Wildman–Crippen LogP) is 3.40. The fraction of sp³-hybridized carbons (Fsp3) is 0.318. The topological polar surface area (TPSA) is 76.4 Å². The Hall–Kier alpha value is -3.33. The second-order valence-electron chi connectivity index (χ2n) is 6.78. The first kappa shape index (κ1) is 19.4. The summed E-state index contributed by atoms with van der Waals surface area (Å²) < 4.78 is 0. The van der Waals surface area contributed by atoms with Gasteiger partial charge in [0.2, 0.25) is 11.8 Å². The molecule has 0 saturated carbocycles. The van der Waals surface area contributed by atoms with Gasteiger partial charge in [-0.2, -0.15) is 5.26 Å². The standard InChI is InChI=1S/C22H24N4O2/c1-3-25(4-2)19-8-10-20(11-9-19)26-15-17(13-21(26)27)22(28)24-18-7-5-6-16(12-18)14-23/h5-12,17H,3-4,13,15H2,1-2H3,(H,24,28). The van der Waals surface area contributed by atoms with Gasteiger partial charge in [0, 0.05) is 43.1 Å². The first-order valence-electron chi connectivity index (χ1n) is 9.52. The van der Waals surface area contributed by atoms with E-state index in [-0.39, 0.29) is 18.2 Å². The van der Waals surface area contributed by atoms with Crippen LogP contribution in [0.1, 0.15) is 25.8 Å². The normalized spacial score (nSPS) is 16.0. The van der Waals surface area contributed by atoms with Crippen molar-refractivity contribution in [3.8, 4) is 6.07 Å². The van der Waals surface area contributed by atoms with Crippen molar-refractivity contribution in [3.05, 3.63) is 54.1 Å². The van der Waals surface area contributed by atoms with E-state index in [2.05, 4.69) is 24.1 Å². The lowest BCUT2D eigenvalue weighted by molar-refractivity contribution is -0.122. The maximum Gasteiger partial charge on any atom is 0.229 e. The van der Waals surface area contributed by atoms with Crippen molar-refractivity contribution in [3.63, 3.8) is 0 Å². The fourth-order valence-corrected chi connectivity index (χ4v) is 3.48. The van der Waals surface area contributed by atoms with Gasteiger partial charge in [0.1, 0.15) is 0 Å². The highest BCUT2D eigenvalue weighted by molar-refractivity contribution is 6.03. The molecule has 0 spiro atoms. The summed E-state index contributed by atoms with van der Waals surface area (Å²) in [4.78, 5) is 29.0. The summed E-state index contributed by atoms with van der Waals surface area (Å²) in [5, 5.41) is 11.8. The third kappa shape index (κ3) is 4.15. The summed E-state index contributed by atoms with van der Waals surface area (Å²) in [5.41, 5.74) is 2.98. The first-order valence-corrected chi connectivity index (χ1v) is 9.52. The molecule has 2 aromatic carbocycles. The van der Waals surface area contributed by atoms with E-state index in [4.69, 9.17) is 5.26 Å². The van der Waals surface area contributed by atoms with E-state index in [1.165, 1.54) is 0 Å². The van der Waals surface area contributed by atoms with Gasteiger partial charge in [-0.3, -0.25) is 9.59 Å². The van der Waals surface area contributed by atoms with E-state index in [1.54, 1.807) is 29.2 Å². The molecule has 2 amide bonds.